The molecule has 1 atom stereocenters. The Morgan fingerprint density at radius 3 is 2.25 bits per heavy atom. The maximum atomic E-state index is 11.2. The molecule has 0 fully saturated rings. The van der Waals surface area contributed by atoms with Crippen LogP contribution in [0, 0.1) is 5.92 Å². The Labute approximate surface area is 213 Å². The van der Waals surface area contributed by atoms with Gasteiger partial charge >= 0.3 is 11.9 Å². The number of carboxylic acid groups (broad SMARTS) is 2. The molecule has 3 aromatic rings. The first-order chi connectivity index (χ1) is 17.5. The second kappa shape index (κ2) is 14.5. The molecule has 5 nitrogen and oxygen atoms in total. The Morgan fingerprint density at radius 1 is 0.806 bits per heavy atom. The number of carbonyl (C=O) groups is 2. The first-order valence-electron chi connectivity index (χ1n) is 12.5. The standard InChI is InChI=1S/C31H34O5/c32-30(33)15-7-4-11-25(23-26-17-20-28(21-18-26)31(34)35)16-19-27-13-5-6-14-29(27)36-22-8-12-24-9-2-1-3-10-24/h1-3,5-6,9-10,13-14,16-21,25H,4,7-8,11-12,15,22-23H2,(H,32,33)(H,34,35). The van der Waals surface area contributed by atoms with Crippen molar-refractivity contribution in [2.24, 2.45) is 5.92 Å². The summed E-state index contributed by atoms with van der Waals surface area (Å²) in [7, 11) is 0. The van der Waals surface area contributed by atoms with Crippen LogP contribution in [0.25, 0.3) is 6.08 Å². The van der Waals surface area contributed by atoms with Gasteiger partial charge in [-0.3, -0.25) is 4.79 Å². The first-order valence-corrected chi connectivity index (χ1v) is 12.5. The minimum absolute atomic E-state index is 0.170. The molecule has 188 valence electrons. The fourth-order valence-corrected chi connectivity index (χ4v) is 4.13. The van der Waals surface area contributed by atoms with E-state index in [0.717, 1.165) is 49.0 Å². The molecule has 0 amide bonds. The molecule has 0 bridgehead atoms. The van der Waals surface area contributed by atoms with Crippen molar-refractivity contribution in [2.75, 3.05) is 6.61 Å². The van der Waals surface area contributed by atoms with E-state index in [1.165, 1.54) is 5.56 Å². The molecule has 0 aliphatic carbocycles. The summed E-state index contributed by atoms with van der Waals surface area (Å²) in [6, 6.07) is 25.3. The number of para-hydroxylation sites is 1. The zero-order valence-corrected chi connectivity index (χ0v) is 20.5. The highest BCUT2D eigenvalue weighted by atomic mass is 16.5. The molecule has 36 heavy (non-hydrogen) atoms. The third kappa shape index (κ3) is 9.41. The molecule has 0 spiro atoms. The number of benzene rings is 3. The second-order valence-corrected chi connectivity index (χ2v) is 8.94. The SMILES string of the molecule is O=C(O)CCCCC(C=Cc1ccccc1OCCCc1ccccc1)Cc1ccc(C(=O)O)cc1. The molecule has 1 unspecified atom stereocenters. The van der Waals surface area contributed by atoms with Crippen LogP contribution in [0.4, 0.5) is 0 Å². The lowest BCUT2D eigenvalue weighted by molar-refractivity contribution is -0.137. The van der Waals surface area contributed by atoms with Crippen molar-refractivity contribution < 1.29 is 24.5 Å². The zero-order chi connectivity index (χ0) is 25.6. The molecule has 0 heterocycles. The highest BCUT2D eigenvalue weighted by Gasteiger charge is 2.10. The quantitative estimate of drug-likeness (QED) is 0.228. The van der Waals surface area contributed by atoms with Crippen molar-refractivity contribution in [3.05, 3.63) is 107 Å². The van der Waals surface area contributed by atoms with E-state index in [1.54, 1.807) is 12.1 Å². The number of aromatic carboxylic acids is 1. The number of aryl methyl sites for hydroxylation is 1. The van der Waals surface area contributed by atoms with Crippen LogP contribution in [0.15, 0.2) is 84.9 Å². The van der Waals surface area contributed by atoms with Gasteiger partial charge in [0.05, 0.1) is 12.2 Å². The second-order valence-electron chi connectivity index (χ2n) is 8.94. The topological polar surface area (TPSA) is 83.8 Å². The van der Waals surface area contributed by atoms with Crippen LogP contribution < -0.4 is 4.74 Å². The van der Waals surface area contributed by atoms with Crippen molar-refractivity contribution in [3.63, 3.8) is 0 Å². The van der Waals surface area contributed by atoms with Crippen LogP contribution in [0.5, 0.6) is 5.75 Å². The zero-order valence-electron chi connectivity index (χ0n) is 20.5. The Bertz CT molecular complexity index is 1120. The van der Waals surface area contributed by atoms with E-state index in [4.69, 9.17) is 14.9 Å². The van der Waals surface area contributed by atoms with Gasteiger partial charge in [-0.1, -0.05) is 79.2 Å². The molecule has 0 saturated carbocycles. The molecular formula is C31H34O5. The fraction of sp³-hybridized carbons (Fsp3) is 0.290. The Morgan fingerprint density at radius 2 is 1.53 bits per heavy atom. The number of hydrogen-bond donors (Lipinski definition) is 2. The fourth-order valence-electron chi connectivity index (χ4n) is 4.13. The smallest absolute Gasteiger partial charge is 0.335 e. The van der Waals surface area contributed by atoms with Crippen LogP contribution in [0.1, 0.15) is 59.2 Å². The number of hydrogen-bond acceptors (Lipinski definition) is 3. The summed E-state index contributed by atoms with van der Waals surface area (Å²) >= 11 is 0. The molecular weight excluding hydrogens is 452 g/mol. The van der Waals surface area contributed by atoms with E-state index in [9.17, 15) is 9.59 Å². The number of ether oxygens (including phenoxy) is 1. The molecule has 3 rings (SSSR count). The van der Waals surface area contributed by atoms with Crippen molar-refractivity contribution in [1.82, 2.24) is 0 Å². The van der Waals surface area contributed by atoms with Gasteiger partial charge in [-0.15, -0.1) is 0 Å². The van der Waals surface area contributed by atoms with Gasteiger partial charge < -0.3 is 14.9 Å². The van der Waals surface area contributed by atoms with Crippen molar-refractivity contribution >= 4 is 18.0 Å². The van der Waals surface area contributed by atoms with Gasteiger partial charge in [0.15, 0.2) is 0 Å². The van der Waals surface area contributed by atoms with Crippen LogP contribution in [0.3, 0.4) is 0 Å². The summed E-state index contributed by atoms with van der Waals surface area (Å²) in [6.45, 7) is 0.633. The monoisotopic (exact) mass is 486 g/mol. The number of allylic oxidation sites excluding steroid dienone is 1. The molecule has 0 aliphatic rings. The van der Waals surface area contributed by atoms with Crippen molar-refractivity contribution in [1.29, 1.82) is 0 Å². The van der Waals surface area contributed by atoms with E-state index >= 15 is 0 Å². The van der Waals surface area contributed by atoms with Gasteiger partial charge in [0.25, 0.3) is 0 Å². The number of aliphatic carboxylic acids is 1. The average Bonchev–Trinajstić information content (AvgIpc) is 2.89. The number of rotatable bonds is 15. The predicted molar refractivity (Wildman–Crippen MR) is 142 cm³/mol. The maximum absolute atomic E-state index is 11.2. The van der Waals surface area contributed by atoms with Crippen LogP contribution in [-0.4, -0.2) is 28.8 Å². The van der Waals surface area contributed by atoms with Crippen molar-refractivity contribution in [2.45, 2.75) is 44.9 Å². The van der Waals surface area contributed by atoms with E-state index < -0.39 is 11.9 Å². The molecule has 2 N–H and O–H groups in total. The molecule has 0 aliphatic heterocycles. The summed E-state index contributed by atoms with van der Waals surface area (Å²) < 4.78 is 6.10. The maximum Gasteiger partial charge on any atom is 0.335 e. The third-order valence-electron chi connectivity index (χ3n) is 6.09. The summed E-state index contributed by atoms with van der Waals surface area (Å²) in [6.07, 6.45) is 9.37. The molecule has 0 saturated heterocycles. The summed E-state index contributed by atoms with van der Waals surface area (Å²) in [5.74, 6) is -0.672. The van der Waals surface area contributed by atoms with Crippen LogP contribution in [-0.2, 0) is 17.6 Å². The Hall–Kier alpha value is -3.86. The summed E-state index contributed by atoms with van der Waals surface area (Å²) in [4.78, 5) is 22.0. The third-order valence-corrected chi connectivity index (χ3v) is 6.09. The average molecular weight is 487 g/mol. The van der Waals surface area contributed by atoms with Gasteiger partial charge in [-0.2, -0.15) is 0 Å². The Balaban J connectivity index is 1.63. The molecule has 3 aromatic carbocycles. The van der Waals surface area contributed by atoms with E-state index in [2.05, 4.69) is 36.4 Å². The van der Waals surface area contributed by atoms with Gasteiger partial charge in [0.2, 0.25) is 0 Å². The molecule has 5 heteroatoms. The predicted octanol–water partition coefficient (Wildman–Crippen LogP) is 6.91. The van der Waals surface area contributed by atoms with Gasteiger partial charge in [-0.25, -0.2) is 4.79 Å². The minimum Gasteiger partial charge on any atom is -0.493 e. The van der Waals surface area contributed by atoms with Crippen molar-refractivity contribution in [3.8, 4) is 5.75 Å². The first kappa shape index (κ1) is 26.7. The largest absolute Gasteiger partial charge is 0.493 e. The highest BCUT2D eigenvalue weighted by molar-refractivity contribution is 5.87. The molecule has 0 aromatic heterocycles. The lowest BCUT2D eigenvalue weighted by Gasteiger charge is -2.14. The normalized spacial score (nSPS) is 11.9. The lowest BCUT2D eigenvalue weighted by Crippen LogP contribution is -2.04. The van der Waals surface area contributed by atoms with Gasteiger partial charge in [-0.05, 0) is 67.3 Å². The molecule has 0 radical (unpaired) electrons. The van der Waals surface area contributed by atoms with Gasteiger partial charge in [0.1, 0.15) is 5.75 Å². The van der Waals surface area contributed by atoms with Crippen LogP contribution in [0.2, 0.25) is 0 Å². The van der Waals surface area contributed by atoms with E-state index in [-0.39, 0.29) is 17.9 Å². The highest BCUT2D eigenvalue weighted by Crippen LogP contribution is 2.24. The number of unbranched alkanes of at least 4 members (excludes halogenated alkanes) is 1. The minimum atomic E-state index is -0.938. The number of carboxylic acids is 2. The van der Waals surface area contributed by atoms with Gasteiger partial charge in [0, 0.05) is 12.0 Å². The van der Waals surface area contributed by atoms with E-state index in [0.29, 0.717) is 13.0 Å². The van der Waals surface area contributed by atoms with Crippen LogP contribution >= 0.6 is 0 Å². The van der Waals surface area contributed by atoms with E-state index in [1.807, 2.05) is 42.5 Å². The lowest BCUT2D eigenvalue weighted by atomic mass is 9.92. The summed E-state index contributed by atoms with van der Waals surface area (Å²) in [5.41, 5.74) is 3.63. The Kier molecular flexibility index (Phi) is 10.8. The summed E-state index contributed by atoms with van der Waals surface area (Å²) in [5, 5.41) is 18.1.